The van der Waals surface area contributed by atoms with Gasteiger partial charge in [-0.15, -0.1) is 0 Å². The van der Waals surface area contributed by atoms with E-state index in [0.29, 0.717) is 12.0 Å². The van der Waals surface area contributed by atoms with Gasteiger partial charge in [0, 0.05) is 12.6 Å². The highest BCUT2D eigenvalue weighted by Gasteiger charge is 2.46. The van der Waals surface area contributed by atoms with E-state index < -0.39 is 0 Å². The third-order valence-electron chi connectivity index (χ3n) is 4.34. The third-order valence-corrected chi connectivity index (χ3v) is 4.34. The minimum atomic E-state index is -0.280. The van der Waals surface area contributed by atoms with Crippen LogP contribution in [0.3, 0.4) is 0 Å². The van der Waals surface area contributed by atoms with Crippen molar-refractivity contribution in [1.82, 2.24) is 10.2 Å². The third kappa shape index (κ3) is 2.09. The zero-order chi connectivity index (χ0) is 11.6. The van der Waals surface area contributed by atoms with Gasteiger partial charge in [-0.2, -0.15) is 5.26 Å². The lowest BCUT2D eigenvalue weighted by Gasteiger charge is -2.34. The van der Waals surface area contributed by atoms with Crippen LogP contribution in [0.15, 0.2) is 0 Å². The molecule has 2 atom stereocenters. The van der Waals surface area contributed by atoms with Crippen molar-refractivity contribution in [2.24, 2.45) is 5.92 Å². The Morgan fingerprint density at radius 2 is 2.19 bits per heavy atom. The molecule has 0 radical (unpaired) electrons. The van der Waals surface area contributed by atoms with Crippen LogP contribution in [0.4, 0.5) is 0 Å². The second kappa shape index (κ2) is 4.73. The van der Waals surface area contributed by atoms with Crippen LogP contribution in [0, 0.1) is 17.2 Å². The summed E-state index contributed by atoms with van der Waals surface area (Å²) in [6.07, 6.45) is 6.27. The van der Waals surface area contributed by atoms with Crippen molar-refractivity contribution in [2.45, 2.75) is 50.6 Å². The summed E-state index contributed by atoms with van der Waals surface area (Å²) in [5, 5.41) is 12.8. The minimum Gasteiger partial charge on any atom is -0.301 e. The van der Waals surface area contributed by atoms with Crippen molar-refractivity contribution >= 4 is 0 Å². The smallest absolute Gasteiger partial charge is 0.122 e. The van der Waals surface area contributed by atoms with Crippen molar-refractivity contribution < 1.29 is 0 Å². The fourth-order valence-electron chi connectivity index (χ4n) is 3.06. The van der Waals surface area contributed by atoms with Crippen molar-refractivity contribution in [3.63, 3.8) is 0 Å². The molecule has 90 valence electrons. The number of nitrogens with zero attached hydrogens (tertiary/aromatic N) is 2. The van der Waals surface area contributed by atoms with E-state index in [-0.39, 0.29) is 5.54 Å². The van der Waals surface area contributed by atoms with Gasteiger partial charge in [0.05, 0.1) is 6.07 Å². The first-order valence-electron chi connectivity index (χ1n) is 6.60. The average Bonchev–Trinajstić information content (AvgIpc) is 3.07. The largest absolute Gasteiger partial charge is 0.301 e. The highest BCUT2D eigenvalue weighted by Crippen LogP contribution is 2.40. The Morgan fingerprint density at radius 1 is 1.44 bits per heavy atom. The molecule has 1 aliphatic carbocycles. The molecule has 1 N–H and O–H groups in total. The minimum absolute atomic E-state index is 0.280. The number of nitrogens with one attached hydrogen (secondary N) is 1. The fourth-order valence-corrected chi connectivity index (χ4v) is 3.06. The summed E-state index contributed by atoms with van der Waals surface area (Å²) in [5.41, 5.74) is -0.280. The van der Waals surface area contributed by atoms with Crippen molar-refractivity contribution in [3.05, 3.63) is 0 Å². The first-order valence-corrected chi connectivity index (χ1v) is 6.60. The summed E-state index contributed by atoms with van der Waals surface area (Å²) in [6.45, 7) is 4.35. The highest BCUT2D eigenvalue weighted by molar-refractivity contribution is 5.16. The van der Waals surface area contributed by atoms with E-state index in [1.807, 2.05) is 7.05 Å². The zero-order valence-electron chi connectivity index (χ0n) is 10.5. The maximum atomic E-state index is 9.47. The number of nitriles is 1. The lowest BCUT2D eigenvalue weighted by atomic mass is 9.94. The summed E-state index contributed by atoms with van der Waals surface area (Å²) >= 11 is 0. The summed E-state index contributed by atoms with van der Waals surface area (Å²) < 4.78 is 0. The van der Waals surface area contributed by atoms with Gasteiger partial charge >= 0.3 is 0 Å². The molecule has 3 nitrogen and oxygen atoms in total. The summed E-state index contributed by atoms with van der Waals surface area (Å²) in [4.78, 5) is 2.53. The molecule has 1 saturated heterocycles. The second-order valence-corrected chi connectivity index (χ2v) is 5.28. The molecule has 2 unspecified atom stereocenters. The molecule has 16 heavy (non-hydrogen) atoms. The zero-order valence-corrected chi connectivity index (χ0v) is 10.5. The Balaban J connectivity index is 2.03. The number of likely N-dealkylation sites (N-methyl/N-ethyl adjacent to an activating group) is 1. The maximum Gasteiger partial charge on any atom is 0.122 e. The average molecular weight is 221 g/mol. The van der Waals surface area contributed by atoms with Gasteiger partial charge in [-0.25, -0.2) is 0 Å². The van der Waals surface area contributed by atoms with Crippen molar-refractivity contribution in [3.8, 4) is 6.07 Å². The summed E-state index contributed by atoms with van der Waals surface area (Å²) in [7, 11) is 1.94. The van der Waals surface area contributed by atoms with E-state index in [4.69, 9.17) is 0 Å². The molecule has 0 bridgehead atoms. The first-order chi connectivity index (χ1) is 7.75. The van der Waals surface area contributed by atoms with Crippen molar-refractivity contribution in [2.75, 3.05) is 20.1 Å². The molecular formula is C13H23N3. The normalized spacial score (nSPS) is 29.9. The van der Waals surface area contributed by atoms with Gasteiger partial charge in [0.1, 0.15) is 5.54 Å². The lowest BCUT2D eigenvalue weighted by Crippen LogP contribution is -2.53. The maximum absolute atomic E-state index is 9.47. The van der Waals surface area contributed by atoms with Crippen LogP contribution in [0.5, 0.6) is 0 Å². The summed E-state index contributed by atoms with van der Waals surface area (Å²) in [5.74, 6) is 0.584. The van der Waals surface area contributed by atoms with Gasteiger partial charge in [-0.1, -0.05) is 6.92 Å². The highest BCUT2D eigenvalue weighted by atomic mass is 15.2. The van der Waals surface area contributed by atoms with Crippen LogP contribution in [0.2, 0.25) is 0 Å². The molecule has 0 spiro atoms. The van der Waals surface area contributed by atoms with E-state index in [9.17, 15) is 5.26 Å². The van der Waals surface area contributed by atoms with Crippen molar-refractivity contribution in [1.29, 1.82) is 5.26 Å². The lowest BCUT2D eigenvalue weighted by molar-refractivity contribution is 0.185. The molecule has 1 aliphatic heterocycles. The van der Waals surface area contributed by atoms with Gasteiger partial charge in [0.25, 0.3) is 0 Å². The van der Waals surface area contributed by atoms with Crippen LogP contribution in [-0.4, -0.2) is 36.6 Å². The Morgan fingerprint density at radius 3 is 2.69 bits per heavy atom. The van der Waals surface area contributed by atoms with E-state index >= 15 is 0 Å². The Kier molecular flexibility index (Phi) is 3.51. The number of hydrogen-bond donors (Lipinski definition) is 1. The SMILES string of the molecule is CCC1CCCN1CC(C#N)(NC)C1CC1. The Bertz CT molecular complexity index is 279. The van der Waals surface area contributed by atoms with E-state index in [1.165, 1.54) is 38.6 Å². The van der Waals surface area contributed by atoms with Gasteiger partial charge < -0.3 is 5.32 Å². The molecule has 1 saturated carbocycles. The molecule has 0 aromatic carbocycles. The number of hydrogen-bond acceptors (Lipinski definition) is 3. The predicted molar refractivity (Wildman–Crippen MR) is 65.0 cm³/mol. The molecular weight excluding hydrogens is 198 g/mol. The monoisotopic (exact) mass is 221 g/mol. The van der Waals surface area contributed by atoms with Gasteiger partial charge in [-0.3, -0.25) is 4.90 Å². The molecule has 0 aromatic heterocycles. The predicted octanol–water partition coefficient (Wildman–Crippen LogP) is 1.75. The Labute approximate surface area is 98.8 Å². The van der Waals surface area contributed by atoms with Crippen LogP contribution < -0.4 is 5.32 Å². The van der Waals surface area contributed by atoms with E-state index in [0.717, 1.165) is 6.54 Å². The standard InChI is InChI=1S/C13H23N3/c1-3-12-5-4-8-16(12)10-13(9-14,15-2)11-6-7-11/h11-12,15H,3-8,10H2,1-2H3. The number of likely N-dealkylation sites (tertiary alicyclic amines) is 1. The van der Waals surface area contributed by atoms with Gasteiger partial charge in [-0.05, 0) is 51.6 Å². The van der Waals surface area contributed by atoms with Crippen LogP contribution >= 0.6 is 0 Å². The van der Waals surface area contributed by atoms with Gasteiger partial charge in [0.15, 0.2) is 0 Å². The molecule has 2 aliphatic rings. The molecule has 2 fully saturated rings. The molecule has 1 heterocycles. The van der Waals surface area contributed by atoms with E-state index in [2.05, 4.69) is 23.2 Å². The van der Waals surface area contributed by atoms with Crippen LogP contribution in [0.25, 0.3) is 0 Å². The molecule has 0 amide bonds. The summed E-state index contributed by atoms with van der Waals surface area (Å²) in [6, 6.07) is 3.25. The molecule has 2 rings (SSSR count). The van der Waals surface area contributed by atoms with E-state index in [1.54, 1.807) is 0 Å². The van der Waals surface area contributed by atoms with Crippen LogP contribution in [-0.2, 0) is 0 Å². The second-order valence-electron chi connectivity index (χ2n) is 5.28. The molecule has 3 heteroatoms. The fraction of sp³-hybridized carbons (Fsp3) is 0.923. The number of rotatable bonds is 5. The first kappa shape index (κ1) is 11.9. The molecule has 0 aromatic rings. The topological polar surface area (TPSA) is 39.1 Å². The van der Waals surface area contributed by atoms with Crippen LogP contribution in [0.1, 0.15) is 39.0 Å². The quantitative estimate of drug-likeness (QED) is 0.769. The Hall–Kier alpha value is -0.590. The van der Waals surface area contributed by atoms with Gasteiger partial charge in [0.2, 0.25) is 0 Å².